The molecule has 0 spiro atoms. The molecule has 2 rings (SSSR count). The maximum Gasteiger partial charge on any atom is 0.340 e. The van der Waals surface area contributed by atoms with Crippen molar-refractivity contribution in [1.82, 2.24) is 0 Å². The Balaban J connectivity index is 2.21. The normalized spacial score (nSPS) is 10.2. The first-order chi connectivity index (χ1) is 13.0. The molecule has 0 aliphatic heterocycles. The van der Waals surface area contributed by atoms with E-state index in [4.69, 9.17) is 4.74 Å². The molecule has 2 aromatic rings. The molecular weight excluding hydrogens is 344 g/mol. The van der Waals surface area contributed by atoms with Crippen molar-refractivity contribution in [3.8, 4) is 0 Å². The Bertz CT molecular complexity index is 832. The van der Waals surface area contributed by atoms with Gasteiger partial charge in [0.2, 0.25) is 11.8 Å². The van der Waals surface area contributed by atoms with Gasteiger partial charge in [-0.1, -0.05) is 37.3 Å². The Morgan fingerprint density at radius 3 is 2.33 bits per heavy atom. The molecular formula is C21H24N2O4. The van der Waals surface area contributed by atoms with Crippen LogP contribution in [0.1, 0.15) is 36.7 Å². The summed E-state index contributed by atoms with van der Waals surface area (Å²) in [6.07, 6.45) is 0.743. The van der Waals surface area contributed by atoms with E-state index in [1.165, 1.54) is 11.8 Å². The minimum absolute atomic E-state index is 0.149. The molecule has 0 saturated heterocycles. The first-order valence-electron chi connectivity index (χ1n) is 8.89. The lowest BCUT2D eigenvalue weighted by Gasteiger charge is -2.23. The van der Waals surface area contributed by atoms with Crippen molar-refractivity contribution in [2.75, 3.05) is 23.4 Å². The molecule has 0 aliphatic carbocycles. The molecule has 0 atom stereocenters. The van der Waals surface area contributed by atoms with Crippen molar-refractivity contribution in [3.63, 3.8) is 0 Å². The highest BCUT2D eigenvalue weighted by Crippen LogP contribution is 2.22. The second-order valence-corrected chi connectivity index (χ2v) is 5.90. The van der Waals surface area contributed by atoms with E-state index in [-0.39, 0.29) is 24.6 Å². The smallest absolute Gasteiger partial charge is 0.340 e. The van der Waals surface area contributed by atoms with Crippen molar-refractivity contribution in [3.05, 3.63) is 59.7 Å². The van der Waals surface area contributed by atoms with Gasteiger partial charge in [0.05, 0.1) is 17.9 Å². The Labute approximate surface area is 159 Å². The van der Waals surface area contributed by atoms with Crippen molar-refractivity contribution in [2.24, 2.45) is 0 Å². The predicted molar refractivity (Wildman–Crippen MR) is 105 cm³/mol. The van der Waals surface area contributed by atoms with Crippen LogP contribution in [-0.2, 0) is 20.7 Å². The SMILES string of the molecule is CCOC(=O)c1ccccc1NC(=O)CN(C(C)=O)c1ccccc1CC. The van der Waals surface area contributed by atoms with Gasteiger partial charge in [-0.2, -0.15) is 0 Å². The highest BCUT2D eigenvalue weighted by molar-refractivity contribution is 6.05. The summed E-state index contributed by atoms with van der Waals surface area (Å²) in [6, 6.07) is 14.1. The lowest BCUT2D eigenvalue weighted by molar-refractivity contribution is -0.120. The summed E-state index contributed by atoms with van der Waals surface area (Å²) in [6.45, 7) is 5.23. The van der Waals surface area contributed by atoms with Gasteiger partial charge in [0.25, 0.3) is 0 Å². The van der Waals surface area contributed by atoms with Crippen LogP contribution in [0, 0.1) is 0 Å². The highest BCUT2D eigenvalue weighted by atomic mass is 16.5. The third-order valence-electron chi connectivity index (χ3n) is 4.04. The van der Waals surface area contributed by atoms with E-state index in [9.17, 15) is 14.4 Å². The fraction of sp³-hybridized carbons (Fsp3) is 0.286. The van der Waals surface area contributed by atoms with Crippen LogP contribution in [0.3, 0.4) is 0 Å². The van der Waals surface area contributed by atoms with E-state index >= 15 is 0 Å². The van der Waals surface area contributed by atoms with Gasteiger partial charge in [0, 0.05) is 12.6 Å². The molecule has 142 valence electrons. The number of nitrogens with zero attached hydrogens (tertiary/aromatic N) is 1. The largest absolute Gasteiger partial charge is 0.462 e. The summed E-state index contributed by atoms with van der Waals surface area (Å²) < 4.78 is 5.01. The fourth-order valence-electron chi connectivity index (χ4n) is 2.75. The van der Waals surface area contributed by atoms with Gasteiger partial charge in [-0.05, 0) is 37.1 Å². The minimum Gasteiger partial charge on any atom is -0.462 e. The van der Waals surface area contributed by atoms with Crippen LogP contribution in [-0.4, -0.2) is 30.9 Å². The van der Waals surface area contributed by atoms with E-state index in [2.05, 4.69) is 5.32 Å². The Morgan fingerprint density at radius 2 is 1.67 bits per heavy atom. The third-order valence-corrected chi connectivity index (χ3v) is 4.04. The maximum atomic E-state index is 12.6. The Hall–Kier alpha value is -3.15. The summed E-state index contributed by atoms with van der Waals surface area (Å²) in [7, 11) is 0. The molecule has 27 heavy (non-hydrogen) atoms. The number of carbonyl (C=O) groups excluding carboxylic acids is 3. The molecule has 2 amide bonds. The molecule has 0 bridgehead atoms. The number of hydrogen-bond donors (Lipinski definition) is 1. The van der Waals surface area contributed by atoms with Gasteiger partial charge in [-0.3, -0.25) is 9.59 Å². The molecule has 6 heteroatoms. The zero-order valence-electron chi connectivity index (χ0n) is 15.8. The van der Waals surface area contributed by atoms with E-state index in [0.29, 0.717) is 11.4 Å². The molecule has 0 heterocycles. The van der Waals surface area contributed by atoms with Crippen LogP contribution in [0.2, 0.25) is 0 Å². The van der Waals surface area contributed by atoms with Gasteiger partial charge in [-0.25, -0.2) is 4.79 Å². The van der Waals surface area contributed by atoms with E-state index < -0.39 is 11.9 Å². The van der Waals surface area contributed by atoms with Gasteiger partial charge in [0.15, 0.2) is 0 Å². The standard InChI is InChI=1S/C21H24N2O4/c1-4-16-10-6-9-13-19(16)23(15(3)24)14-20(25)22-18-12-8-7-11-17(18)21(26)27-5-2/h6-13H,4-5,14H2,1-3H3,(H,22,25). The van der Waals surface area contributed by atoms with Crippen LogP contribution >= 0.6 is 0 Å². The average molecular weight is 368 g/mol. The molecule has 0 radical (unpaired) electrons. The molecule has 0 saturated carbocycles. The number of ether oxygens (including phenoxy) is 1. The number of amides is 2. The first-order valence-corrected chi connectivity index (χ1v) is 8.89. The number of aryl methyl sites for hydroxylation is 1. The van der Waals surface area contributed by atoms with Gasteiger partial charge >= 0.3 is 5.97 Å². The number of esters is 1. The Kier molecular flexibility index (Phi) is 7.11. The summed E-state index contributed by atoms with van der Waals surface area (Å²) in [5.74, 6) is -1.13. The summed E-state index contributed by atoms with van der Waals surface area (Å²) in [5.41, 5.74) is 2.32. The average Bonchev–Trinajstić information content (AvgIpc) is 2.66. The molecule has 0 fully saturated rings. The second kappa shape index (κ2) is 9.52. The van der Waals surface area contributed by atoms with Crippen molar-refractivity contribution in [2.45, 2.75) is 27.2 Å². The number of hydrogen-bond acceptors (Lipinski definition) is 4. The fourth-order valence-corrected chi connectivity index (χ4v) is 2.75. The summed E-state index contributed by atoms with van der Waals surface area (Å²) in [5, 5.41) is 2.71. The van der Waals surface area contributed by atoms with Crippen molar-refractivity contribution in [1.29, 1.82) is 0 Å². The second-order valence-electron chi connectivity index (χ2n) is 5.90. The van der Waals surface area contributed by atoms with E-state index in [1.54, 1.807) is 31.2 Å². The number of nitrogens with one attached hydrogen (secondary N) is 1. The quantitative estimate of drug-likeness (QED) is 0.760. The molecule has 6 nitrogen and oxygen atoms in total. The van der Waals surface area contributed by atoms with Gasteiger partial charge in [-0.15, -0.1) is 0 Å². The van der Waals surface area contributed by atoms with Crippen LogP contribution in [0.4, 0.5) is 11.4 Å². The lowest BCUT2D eigenvalue weighted by atomic mass is 10.1. The van der Waals surface area contributed by atoms with Crippen LogP contribution in [0.25, 0.3) is 0 Å². The number of rotatable bonds is 7. The summed E-state index contributed by atoms with van der Waals surface area (Å²) in [4.78, 5) is 38.2. The monoisotopic (exact) mass is 368 g/mol. The number of anilines is 2. The zero-order valence-corrected chi connectivity index (χ0v) is 15.8. The third kappa shape index (κ3) is 5.17. The molecule has 0 aromatic heterocycles. The highest BCUT2D eigenvalue weighted by Gasteiger charge is 2.20. The minimum atomic E-state index is -0.506. The molecule has 1 N–H and O–H groups in total. The van der Waals surface area contributed by atoms with Crippen molar-refractivity contribution < 1.29 is 19.1 Å². The summed E-state index contributed by atoms with van der Waals surface area (Å²) >= 11 is 0. The first kappa shape index (κ1) is 20.2. The zero-order chi connectivity index (χ0) is 19.8. The van der Waals surface area contributed by atoms with Gasteiger partial charge in [0.1, 0.15) is 6.54 Å². The van der Waals surface area contributed by atoms with Crippen LogP contribution < -0.4 is 10.2 Å². The Morgan fingerprint density at radius 1 is 1.00 bits per heavy atom. The number of benzene rings is 2. The topological polar surface area (TPSA) is 75.7 Å². The van der Waals surface area contributed by atoms with Crippen molar-refractivity contribution >= 4 is 29.2 Å². The molecule has 0 aliphatic rings. The maximum absolute atomic E-state index is 12.6. The molecule has 0 unspecified atom stereocenters. The van der Waals surface area contributed by atoms with E-state index in [0.717, 1.165) is 12.0 Å². The molecule has 2 aromatic carbocycles. The van der Waals surface area contributed by atoms with E-state index in [1.807, 2.05) is 31.2 Å². The predicted octanol–water partition coefficient (Wildman–Crippen LogP) is 3.42. The van der Waals surface area contributed by atoms with Gasteiger partial charge < -0.3 is 15.0 Å². The van der Waals surface area contributed by atoms with Crippen LogP contribution in [0.5, 0.6) is 0 Å². The van der Waals surface area contributed by atoms with Crippen LogP contribution in [0.15, 0.2) is 48.5 Å². The number of para-hydroxylation sites is 2. The number of carbonyl (C=O) groups is 3. The lowest BCUT2D eigenvalue weighted by Crippen LogP contribution is -2.37.